The lowest BCUT2D eigenvalue weighted by atomic mass is 9.98. The Morgan fingerprint density at radius 2 is 1.87 bits per heavy atom. The quantitative estimate of drug-likeness (QED) is 0.235. The Labute approximate surface area is 222 Å². The zero-order valence-corrected chi connectivity index (χ0v) is 20.9. The number of alkyl halides is 3. The molecule has 2 amide bonds. The van der Waals surface area contributed by atoms with E-state index >= 15 is 0 Å². The largest absolute Gasteiger partial charge is 0.408 e. The molecule has 3 aliphatic rings. The van der Waals surface area contributed by atoms with Gasteiger partial charge in [-0.05, 0) is 56.0 Å². The number of anilines is 1. The number of aliphatic hydroxyl groups excluding tert-OH is 1. The molecule has 2 aliphatic heterocycles. The minimum absolute atomic E-state index is 0.0444. The number of nitrogens with zero attached hydrogens (tertiary/aromatic N) is 2. The molecule has 1 fully saturated rings. The standard InChI is InChI=1S/C25H31F5N6O3/c26-15-3-5-16(6-4-15)33-20(25(28,29)30)12-22(37)34-17-7-8-19(18(27)11-17)39-23-13-21(31-14-32-23)35-24(38)36-9-1-2-10-36/h3-6,11,13-14,17,19-20,22-23,33-34,37H,1-2,7-10,12H2,(H,31,32)(H,35,38). The van der Waals surface area contributed by atoms with Gasteiger partial charge in [0, 0.05) is 37.3 Å². The Bertz CT molecular complexity index is 1070. The molecule has 0 aromatic heterocycles. The van der Waals surface area contributed by atoms with E-state index in [0.717, 1.165) is 31.1 Å². The summed E-state index contributed by atoms with van der Waals surface area (Å²) in [7, 11) is 0. The van der Waals surface area contributed by atoms with Gasteiger partial charge in [-0.1, -0.05) is 0 Å². The average molecular weight is 559 g/mol. The van der Waals surface area contributed by atoms with Gasteiger partial charge in [-0.2, -0.15) is 13.2 Å². The van der Waals surface area contributed by atoms with Gasteiger partial charge in [-0.3, -0.25) is 10.6 Å². The molecular formula is C25H31F5N6O3. The summed E-state index contributed by atoms with van der Waals surface area (Å²) in [6.45, 7) is 1.35. The number of carbonyl (C=O) groups excluding carboxylic acids is 1. The minimum atomic E-state index is -4.70. The van der Waals surface area contributed by atoms with Crippen LogP contribution >= 0.6 is 0 Å². The number of carbonyl (C=O) groups is 1. The van der Waals surface area contributed by atoms with Crippen molar-refractivity contribution < 1.29 is 36.6 Å². The van der Waals surface area contributed by atoms with Crippen LogP contribution in [0.2, 0.25) is 0 Å². The van der Waals surface area contributed by atoms with Gasteiger partial charge in [0.15, 0.2) is 6.23 Å². The third-order valence-corrected chi connectivity index (χ3v) is 6.54. The number of amides is 2. The maximum Gasteiger partial charge on any atom is 0.408 e. The highest BCUT2D eigenvalue weighted by Gasteiger charge is 2.41. The number of aliphatic imine (C=N–C) groups is 1. The summed E-state index contributed by atoms with van der Waals surface area (Å²) < 4.78 is 74.2. The SMILES string of the molecule is O=C(NC1=CC(OC2CCC(NC(O)CC(Nc3ccc(F)cc3)C(F)(F)F)C=C2F)N=CN1)N1CCCC1. The number of halogens is 5. The van der Waals surface area contributed by atoms with E-state index in [1.165, 1.54) is 24.5 Å². The number of rotatable bonds is 9. The lowest BCUT2D eigenvalue weighted by Gasteiger charge is -2.31. The van der Waals surface area contributed by atoms with Gasteiger partial charge in [0.05, 0.1) is 6.34 Å². The molecule has 5 N–H and O–H groups in total. The van der Waals surface area contributed by atoms with E-state index in [-0.39, 0.29) is 24.6 Å². The zero-order chi connectivity index (χ0) is 28.0. The molecule has 9 nitrogen and oxygen atoms in total. The summed E-state index contributed by atoms with van der Waals surface area (Å²) in [4.78, 5) is 18.1. The molecule has 1 aromatic rings. The zero-order valence-electron chi connectivity index (χ0n) is 20.9. The van der Waals surface area contributed by atoms with Gasteiger partial charge in [0.2, 0.25) is 0 Å². The van der Waals surface area contributed by atoms with E-state index < -0.39 is 54.9 Å². The van der Waals surface area contributed by atoms with Crippen molar-refractivity contribution in [2.45, 2.75) is 68.9 Å². The third kappa shape index (κ3) is 8.38. The molecule has 4 rings (SSSR count). The van der Waals surface area contributed by atoms with Gasteiger partial charge in [-0.15, -0.1) is 0 Å². The molecule has 214 valence electrons. The number of hydrogen-bond acceptors (Lipinski definition) is 7. The topological polar surface area (TPSA) is 110 Å². The van der Waals surface area contributed by atoms with Crippen molar-refractivity contribution in [3.8, 4) is 0 Å². The first-order valence-electron chi connectivity index (χ1n) is 12.7. The van der Waals surface area contributed by atoms with Crippen molar-refractivity contribution in [3.63, 3.8) is 0 Å². The highest BCUT2D eigenvalue weighted by atomic mass is 19.4. The number of likely N-dealkylation sites (tertiary alicyclic amines) is 1. The first kappa shape index (κ1) is 28.8. The lowest BCUT2D eigenvalue weighted by Crippen LogP contribution is -2.46. The molecular weight excluding hydrogens is 527 g/mol. The monoisotopic (exact) mass is 558 g/mol. The van der Waals surface area contributed by atoms with E-state index in [4.69, 9.17) is 4.74 Å². The highest BCUT2D eigenvalue weighted by molar-refractivity contribution is 5.77. The summed E-state index contributed by atoms with van der Waals surface area (Å²) in [5.74, 6) is -0.873. The van der Waals surface area contributed by atoms with Gasteiger partial charge in [0.1, 0.15) is 35.8 Å². The minimum Gasteiger partial charge on any atom is -0.379 e. The summed E-state index contributed by atoms with van der Waals surface area (Å²) in [6, 6.07) is 1.28. The Morgan fingerprint density at radius 1 is 1.15 bits per heavy atom. The molecule has 0 spiro atoms. The molecule has 5 unspecified atom stereocenters. The molecule has 1 aliphatic carbocycles. The van der Waals surface area contributed by atoms with E-state index in [1.54, 1.807) is 4.90 Å². The van der Waals surface area contributed by atoms with Crippen molar-refractivity contribution in [1.82, 2.24) is 20.9 Å². The molecule has 39 heavy (non-hydrogen) atoms. The number of ether oxygens (including phenoxy) is 1. The Kier molecular flexibility index (Phi) is 9.40. The highest BCUT2D eigenvalue weighted by Crippen LogP contribution is 2.28. The molecule has 14 heteroatoms. The normalized spacial score (nSPS) is 24.9. The molecule has 2 heterocycles. The molecule has 0 saturated carbocycles. The predicted octanol–water partition coefficient (Wildman–Crippen LogP) is 3.47. The second kappa shape index (κ2) is 12.7. The second-order valence-corrected chi connectivity index (χ2v) is 9.54. The summed E-state index contributed by atoms with van der Waals surface area (Å²) in [5, 5.41) is 20.7. The molecule has 0 radical (unpaired) electrons. The fraction of sp³-hybridized carbons (Fsp3) is 0.520. The van der Waals surface area contributed by atoms with E-state index in [2.05, 4.69) is 26.3 Å². The summed E-state index contributed by atoms with van der Waals surface area (Å²) in [6.07, 6.45) is -2.47. The number of aliphatic hydroxyl groups is 1. The molecule has 0 bridgehead atoms. The number of nitrogens with one attached hydrogen (secondary N) is 4. The fourth-order valence-electron chi connectivity index (χ4n) is 4.53. The third-order valence-electron chi connectivity index (χ3n) is 6.54. The van der Waals surface area contributed by atoms with Crippen molar-refractivity contribution in [2.75, 3.05) is 18.4 Å². The maximum atomic E-state index is 14.8. The molecule has 1 saturated heterocycles. The Balaban J connectivity index is 1.28. The second-order valence-electron chi connectivity index (χ2n) is 9.54. The van der Waals surface area contributed by atoms with Crippen LogP contribution in [0.15, 0.2) is 53.1 Å². The smallest absolute Gasteiger partial charge is 0.379 e. The van der Waals surface area contributed by atoms with Crippen LogP contribution in [0.3, 0.4) is 0 Å². The van der Waals surface area contributed by atoms with Crippen LogP contribution < -0.4 is 21.3 Å². The first-order chi connectivity index (χ1) is 18.6. The van der Waals surface area contributed by atoms with E-state index in [9.17, 15) is 31.9 Å². The van der Waals surface area contributed by atoms with Crippen LogP contribution in [0.1, 0.15) is 32.1 Å². The van der Waals surface area contributed by atoms with Crippen molar-refractivity contribution in [1.29, 1.82) is 0 Å². The maximum absolute atomic E-state index is 14.8. The molecule has 5 atom stereocenters. The van der Waals surface area contributed by atoms with Gasteiger partial charge in [-0.25, -0.2) is 18.6 Å². The van der Waals surface area contributed by atoms with Crippen LogP contribution in [0.5, 0.6) is 0 Å². The van der Waals surface area contributed by atoms with Gasteiger partial charge in [0.25, 0.3) is 0 Å². The van der Waals surface area contributed by atoms with Crippen molar-refractivity contribution in [2.24, 2.45) is 4.99 Å². The lowest BCUT2D eigenvalue weighted by molar-refractivity contribution is -0.149. The summed E-state index contributed by atoms with van der Waals surface area (Å²) in [5.41, 5.74) is 0.0444. The first-order valence-corrected chi connectivity index (χ1v) is 12.7. The predicted molar refractivity (Wildman–Crippen MR) is 134 cm³/mol. The van der Waals surface area contributed by atoms with Crippen LogP contribution in [0, 0.1) is 5.82 Å². The fourth-order valence-corrected chi connectivity index (χ4v) is 4.53. The van der Waals surface area contributed by atoms with E-state index in [1.807, 2.05) is 0 Å². The van der Waals surface area contributed by atoms with Crippen molar-refractivity contribution >= 4 is 18.1 Å². The summed E-state index contributed by atoms with van der Waals surface area (Å²) >= 11 is 0. The Morgan fingerprint density at radius 3 is 2.54 bits per heavy atom. The van der Waals surface area contributed by atoms with Crippen LogP contribution in [-0.4, -0.2) is 72.3 Å². The van der Waals surface area contributed by atoms with E-state index in [0.29, 0.717) is 18.9 Å². The average Bonchev–Trinajstić information content (AvgIpc) is 3.42. The number of benzene rings is 1. The Hall–Kier alpha value is -3.23. The number of urea groups is 1. The van der Waals surface area contributed by atoms with Crippen LogP contribution in [0.4, 0.5) is 32.4 Å². The van der Waals surface area contributed by atoms with Crippen LogP contribution in [-0.2, 0) is 4.74 Å². The molecule has 1 aromatic carbocycles. The van der Waals surface area contributed by atoms with Gasteiger partial charge < -0.3 is 25.4 Å². The van der Waals surface area contributed by atoms with Gasteiger partial charge >= 0.3 is 12.2 Å². The van der Waals surface area contributed by atoms with Crippen LogP contribution in [0.25, 0.3) is 0 Å². The van der Waals surface area contributed by atoms with Crippen molar-refractivity contribution in [3.05, 3.63) is 53.9 Å². The number of hydrogen-bond donors (Lipinski definition) is 5.